The zero-order chi connectivity index (χ0) is 10.2. The molecule has 0 spiro atoms. The second-order valence-corrected chi connectivity index (χ2v) is 4.46. The van der Waals surface area contributed by atoms with Crippen molar-refractivity contribution in [1.29, 1.82) is 0 Å². The van der Waals surface area contributed by atoms with Crippen molar-refractivity contribution in [3.8, 4) is 0 Å². The summed E-state index contributed by atoms with van der Waals surface area (Å²) in [6.45, 7) is 0. The average molecular weight is 215 g/mol. The summed E-state index contributed by atoms with van der Waals surface area (Å²) in [6.07, 6.45) is 6.54. The van der Waals surface area contributed by atoms with Gasteiger partial charge in [0, 0.05) is 7.05 Å². The zero-order valence-electron chi connectivity index (χ0n) is 8.33. The van der Waals surface area contributed by atoms with Crippen LogP contribution in [0.5, 0.6) is 0 Å². The standard InChI is InChI=1S/C10H15ClN2O/c1-13-9(8(11)7-12-13)10(14)5-3-2-4-6-10/h7,14H,2-6H2,1H3. The molecule has 2 rings (SSSR count). The summed E-state index contributed by atoms with van der Waals surface area (Å²) in [4.78, 5) is 0. The smallest absolute Gasteiger partial charge is 0.108 e. The quantitative estimate of drug-likeness (QED) is 0.779. The number of hydrogen-bond donors (Lipinski definition) is 1. The lowest BCUT2D eigenvalue weighted by molar-refractivity contribution is -0.00782. The van der Waals surface area contributed by atoms with E-state index in [0.717, 1.165) is 31.4 Å². The van der Waals surface area contributed by atoms with Crippen molar-refractivity contribution in [2.24, 2.45) is 7.05 Å². The Hall–Kier alpha value is -0.540. The summed E-state index contributed by atoms with van der Waals surface area (Å²) in [5.41, 5.74) is 0.0273. The molecule has 78 valence electrons. The van der Waals surface area contributed by atoms with Crippen LogP contribution in [0.3, 0.4) is 0 Å². The fraction of sp³-hybridized carbons (Fsp3) is 0.700. The van der Waals surface area contributed by atoms with Crippen LogP contribution < -0.4 is 0 Å². The first-order valence-corrected chi connectivity index (χ1v) is 5.42. The van der Waals surface area contributed by atoms with Crippen LogP contribution >= 0.6 is 11.6 Å². The molecule has 0 aliphatic heterocycles. The summed E-state index contributed by atoms with van der Waals surface area (Å²) in [6, 6.07) is 0. The van der Waals surface area contributed by atoms with Crippen molar-refractivity contribution < 1.29 is 5.11 Å². The highest BCUT2D eigenvalue weighted by atomic mass is 35.5. The van der Waals surface area contributed by atoms with Gasteiger partial charge in [0.05, 0.1) is 16.9 Å². The van der Waals surface area contributed by atoms with Crippen LogP contribution in [-0.4, -0.2) is 14.9 Å². The van der Waals surface area contributed by atoms with Gasteiger partial charge in [-0.1, -0.05) is 30.9 Å². The predicted octanol–water partition coefficient (Wildman–Crippen LogP) is 2.23. The van der Waals surface area contributed by atoms with E-state index in [1.54, 1.807) is 10.9 Å². The lowest BCUT2D eigenvalue weighted by Crippen LogP contribution is -2.31. The van der Waals surface area contributed by atoms with Crippen LogP contribution in [0.15, 0.2) is 6.20 Å². The molecule has 1 N–H and O–H groups in total. The van der Waals surface area contributed by atoms with E-state index in [4.69, 9.17) is 11.6 Å². The Morgan fingerprint density at radius 2 is 2.07 bits per heavy atom. The van der Waals surface area contributed by atoms with Gasteiger partial charge in [-0.25, -0.2) is 0 Å². The molecule has 1 heterocycles. The molecule has 0 aromatic carbocycles. The van der Waals surface area contributed by atoms with E-state index < -0.39 is 5.60 Å². The third kappa shape index (κ3) is 1.55. The average Bonchev–Trinajstić information content (AvgIpc) is 2.48. The van der Waals surface area contributed by atoms with Crippen molar-refractivity contribution in [2.75, 3.05) is 0 Å². The lowest BCUT2D eigenvalue weighted by Gasteiger charge is -2.32. The maximum absolute atomic E-state index is 10.4. The topological polar surface area (TPSA) is 38.0 Å². The van der Waals surface area contributed by atoms with Gasteiger partial charge in [0.25, 0.3) is 0 Å². The molecular formula is C10H15ClN2O. The number of nitrogens with zero attached hydrogens (tertiary/aromatic N) is 2. The minimum Gasteiger partial charge on any atom is -0.384 e. The SMILES string of the molecule is Cn1ncc(Cl)c1C1(O)CCCCC1. The Morgan fingerprint density at radius 3 is 2.57 bits per heavy atom. The third-order valence-electron chi connectivity index (χ3n) is 3.02. The molecule has 1 fully saturated rings. The molecule has 4 heteroatoms. The summed E-state index contributed by atoms with van der Waals surface area (Å²) in [7, 11) is 1.83. The third-order valence-corrected chi connectivity index (χ3v) is 3.29. The van der Waals surface area contributed by atoms with Gasteiger partial charge >= 0.3 is 0 Å². The Labute approximate surface area is 88.7 Å². The maximum Gasteiger partial charge on any atom is 0.108 e. The fourth-order valence-corrected chi connectivity index (χ4v) is 2.65. The summed E-state index contributed by atoms with van der Waals surface area (Å²) < 4.78 is 1.69. The molecular weight excluding hydrogens is 200 g/mol. The van der Waals surface area contributed by atoms with Crippen molar-refractivity contribution in [3.63, 3.8) is 0 Å². The van der Waals surface area contributed by atoms with E-state index in [9.17, 15) is 5.11 Å². The molecule has 1 aromatic rings. The van der Waals surface area contributed by atoms with Gasteiger partial charge in [-0.3, -0.25) is 4.68 Å². The summed E-state index contributed by atoms with van der Waals surface area (Å²) in [5, 5.41) is 15.1. The van der Waals surface area contributed by atoms with Crippen LogP contribution in [0.2, 0.25) is 5.02 Å². The molecule has 0 radical (unpaired) electrons. The number of halogens is 1. The molecule has 1 aromatic heterocycles. The lowest BCUT2D eigenvalue weighted by atomic mass is 9.82. The second kappa shape index (κ2) is 3.55. The number of hydrogen-bond acceptors (Lipinski definition) is 2. The van der Waals surface area contributed by atoms with Crippen molar-refractivity contribution in [1.82, 2.24) is 9.78 Å². The van der Waals surface area contributed by atoms with E-state index in [2.05, 4.69) is 5.10 Å². The second-order valence-electron chi connectivity index (χ2n) is 4.06. The van der Waals surface area contributed by atoms with Gasteiger partial charge in [0.2, 0.25) is 0 Å². The molecule has 1 saturated carbocycles. The zero-order valence-corrected chi connectivity index (χ0v) is 9.09. The first-order chi connectivity index (χ1) is 6.63. The molecule has 3 nitrogen and oxygen atoms in total. The highest BCUT2D eigenvalue weighted by molar-refractivity contribution is 6.31. The van der Waals surface area contributed by atoms with Gasteiger partial charge < -0.3 is 5.11 Å². The van der Waals surface area contributed by atoms with E-state index in [-0.39, 0.29) is 0 Å². The van der Waals surface area contributed by atoms with E-state index in [1.165, 1.54) is 6.42 Å². The number of aromatic nitrogens is 2. The Kier molecular flexibility index (Phi) is 2.54. The van der Waals surface area contributed by atoms with Gasteiger partial charge in [0.15, 0.2) is 0 Å². The Balaban J connectivity index is 2.36. The van der Waals surface area contributed by atoms with E-state index in [1.807, 2.05) is 7.05 Å². The normalized spacial score (nSPS) is 21.1. The molecule has 14 heavy (non-hydrogen) atoms. The van der Waals surface area contributed by atoms with Crippen LogP contribution in [0.1, 0.15) is 37.8 Å². The predicted molar refractivity (Wildman–Crippen MR) is 55.2 cm³/mol. The Bertz CT molecular complexity index is 309. The number of aliphatic hydroxyl groups is 1. The molecule has 0 unspecified atom stereocenters. The van der Waals surface area contributed by atoms with Crippen LogP contribution in [0.25, 0.3) is 0 Å². The summed E-state index contributed by atoms with van der Waals surface area (Å²) in [5.74, 6) is 0. The Morgan fingerprint density at radius 1 is 1.43 bits per heavy atom. The molecule has 1 aliphatic carbocycles. The van der Waals surface area contributed by atoms with Crippen molar-refractivity contribution >= 4 is 11.6 Å². The van der Waals surface area contributed by atoms with Gasteiger partial charge in [-0.2, -0.15) is 5.10 Å². The minimum absolute atomic E-state index is 0.580. The molecule has 0 bridgehead atoms. The molecule has 0 atom stereocenters. The highest BCUT2D eigenvalue weighted by Gasteiger charge is 2.35. The van der Waals surface area contributed by atoms with Crippen molar-refractivity contribution in [3.05, 3.63) is 16.9 Å². The number of rotatable bonds is 1. The molecule has 1 aliphatic rings. The van der Waals surface area contributed by atoms with Crippen LogP contribution in [-0.2, 0) is 12.6 Å². The molecule has 0 saturated heterocycles. The van der Waals surface area contributed by atoms with Crippen LogP contribution in [0.4, 0.5) is 0 Å². The van der Waals surface area contributed by atoms with E-state index >= 15 is 0 Å². The van der Waals surface area contributed by atoms with Crippen LogP contribution in [0, 0.1) is 0 Å². The van der Waals surface area contributed by atoms with E-state index in [0.29, 0.717) is 5.02 Å². The van der Waals surface area contributed by atoms with Crippen molar-refractivity contribution in [2.45, 2.75) is 37.7 Å². The first kappa shape index (κ1) is 9.99. The van der Waals surface area contributed by atoms with Gasteiger partial charge in [-0.05, 0) is 12.8 Å². The number of aryl methyl sites for hydroxylation is 1. The maximum atomic E-state index is 10.4. The van der Waals surface area contributed by atoms with Gasteiger partial charge in [-0.15, -0.1) is 0 Å². The summed E-state index contributed by atoms with van der Waals surface area (Å²) >= 11 is 6.02. The highest BCUT2D eigenvalue weighted by Crippen LogP contribution is 2.39. The first-order valence-electron chi connectivity index (χ1n) is 5.04. The largest absolute Gasteiger partial charge is 0.384 e. The monoisotopic (exact) mass is 214 g/mol. The van der Waals surface area contributed by atoms with Gasteiger partial charge in [0.1, 0.15) is 5.60 Å². The fourth-order valence-electron chi connectivity index (χ4n) is 2.31. The minimum atomic E-state index is -0.749. The molecule has 0 amide bonds.